The predicted molar refractivity (Wildman–Crippen MR) is 93.2 cm³/mol. The summed E-state index contributed by atoms with van der Waals surface area (Å²) in [5.41, 5.74) is 10.6. The van der Waals surface area contributed by atoms with Gasteiger partial charge in [-0.15, -0.1) is 0 Å². The number of rotatable bonds is 7. The van der Waals surface area contributed by atoms with E-state index in [1.807, 2.05) is 55.5 Å². The van der Waals surface area contributed by atoms with E-state index in [1.165, 1.54) is 0 Å². The molecule has 1 atom stereocenters. The normalized spacial score (nSPS) is 12.4. The van der Waals surface area contributed by atoms with Gasteiger partial charge >= 0.3 is 0 Å². The van der Waals surface area contributed by atoms with Crippen molar-refractivity contribution in [2.75, 3.05) is 6.54 Å². The largest absolute Gasteiger partial charge is 0.436 e. The van der Waals surface area contributed by atoms with Crippen molar-refractivity contribution < 1.29 is 9.21 Å². The molecule has 0 saturated carbocycles. The van der Waals surface area contributed by atoms with E-state index < -0.39 is 5.91 Å². The molecular formula is C19H20N3O2. The number of hydrogen-bond donors (Lipinski definition) is 1. The minimum Gasteiger partial charge on any atom is -0.436 e. The number of amides is 1. The van der Waals surface area contributed by atoms with Crippen molar-refractivity contribution in [2.24, 2.45) is 0 Å². The fourth-order valence-electron chi connectivity index (χ4n) is 2.84. The summed E-state index contributed by atoms with van der Waals surface area (Å²) in [7, 11) is 0. The Morgan fingerprint density at radius 1 is 1.21 bits per heavy atom. The van der Waals surface area contributed by atoms with Crippen LogP contribution < -0.4 is 11.1 Å². The van der Waals surface area contributed by atoms with Crippen molar-refractivity contribution in [2.45, 2.75) is 25.8 Å². The maximum Gasteiger partial charge on any atom is 0.238 e. The average Bonchev–Trinajstić information content (AvgIpc) is 3.03. The van der Waals surface area contributed by atoms with Crippen molar-refractivity contribution in [3.63, 3.8) is 0 Å². The lowest BCUT2D eigenvalue weighted by Gasteiger charge is -2.17. The molecule has 0 fully saturated rings. The zero-order valence-electron chi connectivity index (χ0n) is 13.6. The maximum atomic E-state index is 11.0. The van der Waals surface area contributed by atoms with Gasteiger partial charge in [0.15, 0.2) is 5.58 Å². The van der Waals surface area contributed by atoms with E-state index >= 15 is 0 Å². The van der Waals surface area contributed by atoms with Crippen molar-refractivity contribution in [3.05, 3.63) is 54.1 Å². The highest BCUT2D eigenvalue weighted by molar-refractivity contribution is 5.80. The average molecular weight is 322 g/mol. The second-order valence-corrected chi connectivity index (χ2v) is 5.65. The zero-order valence-corrected chi connectivity index (χ0v) is 13.6. The summed E-state index contributed by atoms with van der Waals surface area (Å²) < 4.78 is 6.04. The molecule has 0 spiro atoms. The molecule has 3 aromatic rings. The molecule has 0 aliphatic carbocycles. The van der Waals surface area contributed by atoms with Gasteiger partial charge in [0.05, 0.1) is 0 Å². The molecule has 123 valence electrons. The fourth-order valence-corrected chi connectivity index (χ4v) is 2.84. The van der Waals surface area contributed by atoms with E-state index in [0.29, 0.717) is 12.3 Å². The number of nitrogens with zero attached hydrogens (tertiary/aromatic N) is 1. The summed E-state index contributed by atoms with van der Waals surface area (Å²) in [6.45, 7) is 2.79. The minimum absolute atomic E-state index is 0.0374. The van der Waals surface area contributed by atoms with E-state index in [1.54, 1.807) is 0 Å². The first-order chi connectivity index (χ1) is 11.7. The monoisotopic (exact) mass is 322 g/mol. The Morgan fingerprint density at radius 2 is 2.00 bits per heavy atom. The first kappa shape index (κ1) is 16.2. The number of benzene rings is 2. The van der Waals surface area contributed by atoms with Crippen LogP contribution in [-0.4, -0.2) is 17.4 Å². The standard InChI is InChI=1S/C19H20N3O2/c1-2-21-15(11-12-17(20)23)14-9-6-10-16-18(14)24-19(22-16)13-7-4-3-5-8-13/h3-10,15,20-21H,2,11-12H2,1H3. The van der Waals surface area contributed by atoms with Crippen LogP contribution in [0.2, 0.25) is 0 Å². The number of carbonyl (C=O) groups is 1. The molecule has 0 bridgehead atoms. The molecule has 2 aromatic carbocycles. The Balaban J connectivity index is 2.00. The number of fused-ring (bicyclic) bond motifs is 1. The van der Waals surface area contributed by atoms with Gasteiger partial charge in [0.25, 0.3) is 0 Å². The molecule has 24 heavy (non-hydrogen) atoms. The molecule has 3 rings (SSSR count). The summed E-state index contributed by atoms with van der Waals surface area (Å²) in [6, 6.07) is 15.6. The van der Waals surface area contributed by atoms with E-state index in [0.717, 1.165) is 28.8 Å². The van der Waals surface area contributed by atoms with Gasteiger partial charge in [-0.25, -0.2) is 4.98 Å². The zero-order chi connectivity index (χ0) is 16.9. The van der Waals surface area contributed by atoms with Gasteiger partial charge in [-0.1, -0.05) is 37.3 Å². The highest BCUT2D eigenvalue weighted by atomic mass is 16.3. The Bertz CT molecular complexity index is 827. The third-order valence-electron chi connectivity index (χ3n) is 3.95. The smallest absolute Gasteiger partial charge is 0.238 e. The lowest BCUT2D eigenvalue weighted by atomic mass is 10.0. The Morgan fingerprint density at radius 3 is 2.71 bits per heavy atom. The summed E-state index contributed by atoms with van der Waals surface area (Å²) in [5.74, 6) is 0.0393. The van der Waals surface area contributed by atoms with E-state index in [-0.39, 0.29) is 12.5 Å². The first-order valence-corrected chi connectivity index (χ1v) is 8.11. The Labute approximate surface area is 140 Å². The Kier molecular flexibility index (Phi) is 4.91. The lowest BCUT2D eigenvalue weighted by Crippen LogP contribution is -2.22. The van der Waals surface area contributed by atoms with Gasteiger partial charge in [0.1, 0.15) is 5.52 Å². The molecule has 0 aliphatic rings. The van der Waals surface area contributed by atoms with Crippen LogP contribution in [-0.2, 0) is 4.79 Å². The van der Waals surface area contributed by atoms with Crippen molar-refractivity contribution in [1.29, 1.82) is 0 Å². The topological polar surface area (TPSA) is 78.9 Å². The Hall–Kier alpha value is -2.66. The van der Waals surface area contributed by atoms with Gasteiger partial charge in [-0.2, -0.15) is 0 Å². The lowest BCUT2D eigenvalue weighted by molar-refractivity contribution is -0.118. The summed E-state index contributed by atoms with van der Waals surface area (Å²) in [6.07, 6.45) is 0.782. The van der Waals surface area contributed by atoms with Crippen LogP contribution in [0.15, 0.2) is 52.9 Å². The molecular weight excluding hydrogens is 302 g/mol. The molecule has 1 radical (unpaired) electrons. The number of nitrogens with one attached hydrogen (secondary N) is 2. The van der Waals surface area contributed by atoms with Gasteiger partial charge in [-0.3, -0.25) is 10.5 Å². The van der Waals surface area contributed by atoms with Crippen LogP contribution in [0, 0.1) is 0 Å². The van der Waals surface area contributed by atoms with Crippen molar-refractivity contribution in [3.8, 4) is 11.5 Å². The highest BCUT2D eigenvalue weighted by Gasteiger charge is 2.18. The number of para-hydroxylation sites is 1. The van der Waals surface area contributed by atoms with E-state index in [9.17, 15) is 4.79 Å². The molecule has 1 amide bonds. The maximum absolute atomic E-state index is 11.0. The molecule has 1 heterocycles. The quantitative estimate of drug-likeness (QED) is 0.718. The van der Waals surface area contributed by atoms with Crippen molar-refractivity contribution >= 4 is 17.0 Å². The van der Waals surface area contributed by atoms with Crippen LogP contribution in [0.1, 0.15) is 31.4 Å². The summed E-state index contributed by atoms with van der Waals surface area (Å²) in [4.78, 5) is 15.6. The minimum atomic E-state index is -0.548. The molecule has 0 saturated heterocycles. The molecule has 1 unspecified atom stereocenters. The summed E-state index contributed by atoms with van der Waals surface area (Å²) in [5, 5.41) is 3.37. The van der Waals surface area contributed by atoms with Gasteiger partial charge < -0.3 is 9.73 Å². The van der Waals surface area contributed by atoms with E-state index in [4.69, 9.17) is 10.2 Å². The van der Waals surface area contributed by atoms with E-state index in [2.05, 4.69) is 10.3 Å². The molecule has 2 N–H and O–H groups in total. The molecule has 5 heteroatoms. The van der Waals surface area contributed by atoms with Crippen LogP contribution in [0.5, 0.6) is 0 Å². The summed E-state index contributed by atoms with van der Waals surface area (Å²) >= 11 is 0. The highest BCUT2D eigenvalue weighted by Crippen LogP contribution is 2.31. The number of oxazole rings is 1. The van der Waals surface area contributed by atoms with Crippen molar-refractivity contribution in [1.82, 2.24) is 16.0 Å². The molecule has 5 nitrogen and oxygen atoms in total. The third-order valence-corrected chi connectivity index (χ3v) is 3.95. The van der Waals surface area contributed by atoms with Crippen LogP contribution in [0.25, 0.3) is 22.6 Å². The second-order valence-electron chi connectivity index (χ2n) is 5.65. The molecule has 0 aliphatic heterocycles. The van der Waals surface area contributed by atoms with Crippen LogP contribution in [0.4, 0.5) is 0 Å². The predicted octanol–water partition coefficient (Wildman–Crippen LogP) is 3.74. The van der Waals surface area contributed by atoms with Gasteiger partial charge in [0, 0.05) is 23.6 Å². The number of aromatic nitrogens is 1. The van der Waals surface area contributed by atoms with Crippen LogP contribution in [0.3, 0.4) is 0 Å². The third kappa shape index (κ3) is 3.46. The second kappa shape index (κ2) is 7.27. The SMILES string of the molecule is CCNC(CCC([NH])=O)c1cccc2nc(-c3ccccc3)oc12. The number of hydrogen-bond acceptors (Lipinski definition) is 4. The van der Waals surface area contributed by atoms with Gasteiger partial charge in [-0.05, 0) is 31.2 Å². The van der Waals surface area contributed by atoms with Gasteiger partial charge in [0.2, 0.25) is 11.8 Å². The fraction of sp³-hybridized carbons (Fsp3) is 0.263. The molecule has 1 aromatic heterocycles. The number of carbonyl (C=O) groups excluding carboxylic acids is 1. The first-order valence-electron chi connectivity index (χ1n) is 8.11. The van der Waals surface area contributed by atoms with Crippen LogP contribution >= 0.6 is 0 Å².